The molecule has 2 heteroatoms. The van der Waals surface area contributed by atoms with E-state index in [0.29, 0.717) is 6.23 Å². The van der Waals surface area contributed by atoms with Gasteiger partial charge >= 0.3 is 0 Å². The molecule has 0 aromatic rings. The Morgan fingerprint density at radius 3 is 2.62 bits per heavy atom. The number of hydrogen-bond acceptors (Lipinski definition) is 2. The van der Waals surface area contributed by atoms with Crippen molar-refractivity contribution in [3.05, 3.63) is 0 Å². The molecule has 2 aliphatic rings. The lowest BCUT2D eigenvalue weighted by atomic mass is 10.0. The van der Waals surface area contributed by atoms with Crippen LogP contribution in [0.2, 0.25) is 0 Å². The highest BCUT2D eigenvalue weighted by atomic mass is 16.5. The molecule has 0 radical (unpaired) electrons. The van der Waals surface area contributed by atoms with E-state index in [1.165, 1.54) is 45.1 Å². The fraction of sp³-hybridized carbons (Fsp3) is 1.00. The summed E-state index contributed by atoms with van der Waals surface area (Å²) in [7, 11) is 0. The maximum Gasteiger partial charge on any atom is 0.110 e. The molecule has 0 spiro atoms. The van der Waals surface area contributed by atoms with Gasteiger partial charge in [0, 0.05) is 19.2 Å². The molecular formula is C11H21NO. The Morgan fingerprint density at radius 1 is 1.08 bits per heavy atom. The largest absolute Gasteiger partial charge is 0.363 e. The van der Waals surface area contributed by atoms with E-state index in [1.807, 2.05) is 0 Å². The zero-order valence-electron chi connectivity index (χ0n) is 8.67. The molecule has 76 valence electrons. The number of ether oxygens (including phenoxy) is 1. The van der Waals surface area contributed by atoms with Gasteiger partial charge in [-0.1, -0.05) is 6.42 Å². The lowest BCUT2D eigenvalue weighted by Gasteiger charge is -2.40. The molecule has 2 unspecified atom stereocenters. The van der Waals surface area contributed by atoms with Crippen molar-refractivity contribution in [1.29, 1.82) is 0 Å². The van der Waals surface area contributed by atoms with Crippen LogP contribution in [0.5, 0.6) is 0 Å². The van der Waals surface area contributed by atoms with Crippen molar-refractivity contribution in [2.45, 2.75) is 57.7 Å². The molecule has 0 bridgehead atoms. The molecular weight excluding hydrogens is 162 g/mol. The molecule has 2 rings (SSSR count). The van der Waals surface area contributed by atoms with Gasteiger partial charge in [0.25, 0.3) is 0 Å². The summed E-state index contributed by atoms with van der Waals surface area (Å²) in [6, 6.07) is 0.747. The maximum absolute atomic E-state index is 5.81. The van der Waals surface area contributed by atoms with Gasteiger partial charge in [0.15, 0.2) is 0 Å². The van der Waals surface area contributed by atoms with Crippen molar-refractivity contribution in [1.82, 2.24) is 4.90 Å². The predicted octanol–water partition coefficient (Wildman–Crippen LogP) is 2.39. The second kappa shape index (κ2) is 4.43. The first-order valence-corrected chi connectivity index (χ1v) is 5.75. The van der Waals surface area contributed by atoms with E-state index in [0.717, 1.165) is 12.6 Å². The van der Waals surface area contributed by atoms with Crippen molar-refractivity contribution >= 4 is 0 Å². The first-order valence-electron chi connectivity index (χ1n) is 5.75. The Morgan fingerprint density at radius 2 is 1.92 bits per heavy atom. The molecule has 0 saturated carbocycles. The van der Waals surface area contributed by atoms with Crippen LogP contribution >= 0.6 is 0 Å². The molecule has 0 N–H and O–H groups in total. The van der Waals surface area contributed by atoms with E-state index in [-0.39, 0.29) is 0 Å². The second-order valence-electron chi connectivity index (χ2n) is 4.40. The van der Waals surface area contributed by atoms with Crippen LogP contribution < -0.4 is 0 Å². The maximum atomic E-state index is 5.81. The minimum atomic E-state index is 0.448. The van der Waals surface area contributed by atoms with Crippen LogP contribution in [-0.4, -0.2) is 30.3 Å². The monoisotopic (exact) mass is 183 g/mol. The van der Waals surface area contributed by atoms with E-state index in [1.54, 1.807) is 0 Å². The van der Waals surface area contributed by atoms with Crippen LogP contribution in [0.4, 0.5) is 0 Å². The topological polar surface area (TPSA) is 12.5 Å². The summed E-state index contributed by atoms with van der Waals surface area (Å²) in [4.78, 5) is 2.57. The second-order valence-corrected chi connectivity index (χ2v) is 4.40. The Bertz CT molecular complexity index is 154. The molecule has 2 nitrogen and oxygen atoms in total. The number of piperidine rings is 1. The van der Waals surface area contributed by atoms with E-state index >= 15 is 0 Å². The highest BCUT2D eigenvalue weighted by Crippen LogP contribution is 2.24. The third-order valence-electron chi connectivity index (χ3n) is 3.38. The Hall–Kier alpha value is -0.0800. The first kappa shape index (κ1) is 9.47. The zero-order chi connectivity index (χ0) is 9.10. The van der Waals surface area contributed by atoms with Crippen LogP contribution in [0.25, 0.3) is 0 Å². The van der Waals surface area contributed by atoms with E-state index in [9.17, 15) is 0 Å². The summed E-state index contributed by atoms with van der Waals surface area (Å²) >= 11 is 0. The SMILES string of the molecule is CC1CCCCN1C1CCCCO1. The molecule has 2 saturated heterocycles. The molecule has 2 atom stereocenters. The zero-order valence-corrected chi connectivity index (χ0v) is 8.67. The molecule has 2 aliphatic heterocycles. The quantitative estimate of drug-likeness (QED) is 0.619. The van der Waals surface area contributed by atoms with E-state index in [2.05, 4.69) is 11.8 Å². The van der Waals surface area contributed by atoms with Gasteiger partial charge in [0.1, 0.15) is 6.23 Å². The summed E-state index contributed by atoms with van der Waals surface area (Å²) in [5.74, 6) is 0. The lowest BCUT2D eigenvalue weighted by molar-refractivity contribution is -0.108. The highest BCUT2D eigenvalue weighted by Gasteiger charge is 2.27. The minimum absolute atomic E-state index is 0.448. The number of likely N-dealkylation sites (tertiary alicyclic amines) is 1. The van der Waals surface area contributed by atoms with E-state index in [4.69, 9.17) is 4.74 Å². The molecule has 2 heterocycles. The number of rotatable bonds is 1. The summed E-state index contributed by atoms with van der Waals surface area (Å²) in [6.45, 7) is 4.58. The van der Waals surface area contributed by atoms with Gasteiger partial charge in [-0.2, -0.15) is 0 Å². The summed E-state index contributed by atoms with van der Waals surface area (Å²) in [5.41, 5.74) is 0. The van der Waals surface area contributed by atoms with Crippen LogP contribution in [0, 0.1) is 0 Å². The third kappa shape index (κ3) is 2.23. The van der Waals surface area contributed by atoms with Crippen molar-refractivity contribution in [3.63, 3.8) is 0 Å². The van der Waals surface area contributed by atoms with Crippen molar-refractivity contribution < 1.29 is 4.74 Å². The van der Waals surface area contributed by atoms with Crippen LogP contribution in [0.3, 0.4) is 0 Å². The third-order valence-corrected chi connectivity index (χ3v) is 3.38. The lowest BCUT2D eigenvalue weighted by Crippen LogP contribution is -2.47. The van der Waals surface area contributed by atoms with E-state index < -0.39 is 0 Å². The smallest absolute Gasteiger partial charge is 0.110 e. The summed E-state index contributed by atoms with van der Waals surface area (Å²) < 4.78 is 5.81. The van der Waals surface area contributed by atoms with Gasteiger partial charge in [0.05, 0.1) is 0 Å². The number of hydrogen-bond donors (Lipinski definition) is 0. The fourth-order valence-corrected chi connectivity index (χ4v) is 2.53. The van der Waals surface area contributed by atoms with Crippen molar-refractivity contribution in [3.8, 4) is 0 Å². The minimum Gasteiger partial charge on any atom is -0.363 e. The molecule has 0 aromatic heterocycles. The molecule has 0 amide bonds. The van der Waals surface area contributed by atoms with Gasteiger partial charge in [-0.25, -0.2) is 0 Å². The molecule has 0 aliphatic carbocycles. The molecule has 13 heavy (non-hydrogen) atoms. The van der Waals surface area contributed by atoms with Crippen LogP contribution in [0.1, 0.15) is 45.4 Å². The molecule has 0 aromatic carbocycles. The predicted molar refractivity (Wildman–Crippen MR) is 53.6 cm³/mol. The molecule has 2 fully saturated rings. The Balaban J connectivity index is 1.88. The van der Waals surface area contributed by atoms with Crippen molar-refractivity contribution in [2.24, 2.45) is 0 Å². The summed E-state index contributed by atoms with van der Waals surface area (Å²) in [5, 5.41) is 0. The number of nitrogens with zero attached hydrogens (tertiary/aromatic N) is 1. The van der Waals surface area contributed by atoms with Crippen LogP contribution in [-0.2, 0) is 4.74 Å². The van der Waals surface area contributed by atoms with Crippen LogP contribution in [0.15, 0.2) is 0 Å². The highest BCUT2D eigenvalue weighted by molar-refractivity contribution is 4.77. The average molecular weight is 183 g/mol. The first-order chi connectivity index (χ1) is 6.38. The Labute approximate surface area is 81.3 Å². The Kier molecular flexibility index (Phi) is 3.23. The fourth-order valence-electron chi connectivity index (χ4n) is 2.53. The van der Waals surface area contributed by atoms with Gasteiger partial charge in [-0.05, 0) is 39.0 Å². The van der Waals surface area contributed by atoms with Crippen molar-refractivity contribution in [2.75, 3.05) is 13.2 Å². The van der Waals surface area contributed by atoms with Gasteiger partial charge in [-0.15, -0.1) is 0 Å². The van der Waals surface area contributed by atoms with Gasteiger partial charge in [-0.3, -0.25) is 4.90 Å². The standard InChI is InChI=1S/C11H21NO/c1-10-6-2-4-8-12(10)11-7-3-5-9-13-11/h10-11H,2-9H2,1H3. The average Bonchev–Trinajstić information content (AvgIpc) is 2.20. The normalized spacial score (nSPS) is 37.6. The summed E-state index contributed by atoms with van der Waals surface area (Å²) in [6.07, 6.45) is 8.45. The van der Waals surface area contributed by atoms with Gasteiger partial charge in [0.2, 0.25) is 0 Å². The van der Waals surface area contributed by atoms with Gasteiger partial charge < -0.3 is 4.74 Å².